The zero-order valence-electron chi connectivity index (χ0n) is 6.79. The smallest absolute Gasteiger partial charge is 0.142 e. The SMILES string of the molecule is CCn1ccc2cc(F)cnc21. The molecule has 2 aromatic rings. The van der Waals surface area contributed by atoms with Gasteiger partial charge in [-0.3, -0.25) is 0 Å². The summed E-state index contributed by atoms with van der Waals surface area (Å²) < 4.78 is 14.7. The molecule has 0 saturated heterocycles. The molecule has 0 N–H and O–H groups in total. The lowest BCUT2D eigenvalue weighted by Crippen LogP contribution is -1.92. The molecule has 0 aromatic carbocycles. The molecule has 0 fully saturated rings. The normalized spacial score (nSPS) is 10.8. The number of hydrogen-bond donors (Lipinski definition) is 0. The van der Waals surface area contributed by atoms with Gasteiger partial charge in [0.2, 0.25) is 0 Å². The fourth-order valence-electron chi connectivity index (χ4n) is 1.31. The second-order valence-corrected chi connectivity index (χ2v) is 2.67. The maximum Gasteiger partial charge on any atom is 0.142 e. The average molecular weight is 164 g/mol. The van der Waals surface area contributed by atoms with Gasteiger partial charge < -0.3 is 4.57 Å². The Morgan fingerprint density at radius 1 is 1.58 bits per heavy atom. The van der Waals surface area contributed by atoms with Gasteiger partial charge in [0.25, 0.3) is 0 Å². The van der Waals surface area contributed by atoms with Gasteiger partial charge in [0, 0.05) is 18.1 Å². The third-order valence-corrected chi connectivity index (χ3v) is 1.91. The van der Waals surface area contributed by atoms with Gasteiger partial charge in [0.1, 0.15) is 11.5 Å². The summed E-state index contributed by atoms with van der Waals surface area (Å²) in [6.07, 6.45) is 3.16. The van der Waals surface area contributed by atoms with E-state index in [0.29, 0.717) is 0 Å². The van der Waals surface area contributed by atoms with Gasteiger partial charge in [0.05, 0.1) is 6.20 Å². The summed E-state index contributed by atoms with van der Waals surface area (Å²) in [5.74, 6) is -0.281. The predicted molar refractivity (Wildman–Crippen MR) is 45.4 cm³/mol. The number of aryl methyl sites for hydroxylation is 1. The summed E-state index contributed by atoms with van der Waals surface area (Å²) in [5.41, 5.74) is 0.846. The number of pyridine rings is 1. The summed E-state index contributed by atoms with van der Waals surface area (Å²) in [7, 11) is 0. The molecule has 62 valence electrons. The number of aromatic nitrogens is 2. The summed E-state index contributed by atoms with van der Waals surface area (Å²) in [4.78, 5) is 4.00. The molecule has 3 heteroatoms. The molecule has 2 aromatic heterocycles. The standard InChI is InChI=1S/C9H9FN2/c1-2-12-4-3-7-5-8(10)6-11-9(7)12/h3-6H,2H2,1H3. The van der Waals surface area contributed by atoms with Crippen LogP contribution in [0.25, 0.3) is 11.0 Å². The van der Waals surface area contributed by atoms with Crippen LogP contribution in [0, 0.1) is 5.82 Å². The van der Waals surface area contributed by atoms with Crippen molar-refractivity contribution in [2.24, 2.45) is 0 Å². The first-order valence-corrected chi connectivity index (χ1v) is 3.91. The van der Waals surface area contributed by atoms with Gasteiger partial charge in [-0.25, -0.2) is 9.37 Å². The molecule has 0 unspecified atom stereocenters. The van der Waals surface area contributed by atoms with Crippen molar-refractivity contribution in [1.82, 2.24) is 9.55 Å². The number of fused-ring (bicyclic) bond motifs is 1. The number of hydrogen-bond acceptors (Lipinski definition) is 1. The highest BCUT2D eigenvalue weighted by Crippen LogP contribution is 2.13. The van der Waals surface area contributed by atoms with Crippen LogP contribution in [0.3, 0.4) is 0 Å². The van der Waals surface area contributed by atoms with Crippen LogP contribution in [0.15, 0.2) is 24.5 Å². The van der Waals surface area contributed by atoms with E-state index >= 15 is 0 Å². The molecule has 0 aliphatic carbocycles. The Balaban J connectivity index is 2.73. The summed E-state index contributed by atoms with van der Waals surface area (Å²) in [6, 6.07) is 3.36. The van der Waals surface area contributed by atoms with Crippen LogP contribution in [-0.2, 0) is 6.54 Å². The van der Waals surface area contributed by atoms with Crippen molar-refractivity contribution in [2.45, 2.75) is 13.5 Å². The van der Waals surface area contributed by atoms with Crippen LogP contribution in [0.1, 0.15) is 6.92 Å². The van der Waals surface area contributed by atoms with Gasteiger partial charge in [-0.15, -0.1) is 0 Å². The highest BCUT2D eigenvalue weighted by molar-refractivity contribution is 5.75. The molecule has 0 aliphatic rings. The molecular weight excluding hydrogens is 155 g/mol. The number of rotatable bonds is 1. The van der Waals surface area contributed by atoms with Gasteiger partial charge in [0.15, 0.2) is 0 Å². The summed E-state index contributed by atoms with van der Waals surface area (Å²) in [6.45, 7) is 2.90. The third-order valence-electron chi connectivity index (χ3n) is 1.91. The minimum Gasteiger partial charge on any atom is -0.333 e. The van der Waals surface area contributed by atoms with Crippen LogP contribution in [0.4, 0.5) is 4.39 Å². The van der Waals surface area contributed by atoms with Crippen molar-refractivity contribution < 1.29 is 4.39 Å². The lowest BCUT2D eigenvalue weighted by molar-refractivity contribution is 0.623. The first-order chi connectivity index (χ1) is 5.81. The average Bonchev–Trinajstić information content (AvgIpc) is 2.46. The predicted octanol–water partition coefficient (Wildman–Crippen LogP) is 2.20. The Labute approximate surface area is 69.6 Å². The molecule has 0 amide bonds. The maximum absolute atomic E-state index is 12.7. The zero-order chi connectivity index (χ0) is 8.55. The monoisotopic (exact) mass is 164 g/mol. The van der Waals surface area contributed by atoms with Crippen molar-refractivity contribution in [3.8, 4) is 0 Å². The highest BCUT2D eigenvalue weighted by atomic mass is 19.1. The Morgan fingerprint density at radius 2 is 2.42 bits per heavy atom. The van der Waals surface area contributed by atoms with Crippen molar-refractivity contribution >= 4 is 11.0 Å². The molecule has 0 atom stereocenters. The molecule has 0 saturated carbocycles. The van der Waals surface area contributed by atoms with Crippen LogP contribution in [0.5, 0.6) is 0 Å². The van der Waals surface area contributed by atoms with E-state index in [4.69, 9.17) is 0 Å². The van der Waals surface area contributed by atoms with Gasteiger partial charge in [-0.2, -0.15) is 0 Å². The number of nitrogens with zero attached hydrogens (tertiary/aromatic N) is 2. The van der Waals surface area contributed by atoms with E-state index < -0.39 is 0 Å². The largest absolute Gasteiger partial charge is 0.333 e. The van der Waals surface area contributed by atoms with Crippen LogP contribution in [-0.4, -0.2) is 9.55 Å². The van der Waals surface area contributed by atoms with Crippen molar-refractivity contribution in [3.05, 3.63) is 30.3 Å². The Morgan fingerprint density at radius 3 is 3.17 bits per heavy atom. The number of halogens is 1. The fourth-order valence-corrected chi connectivity index (χ4v) is 1.31. The van der Waals surface area contributed by atoms with E-state index in [1.165, 1.54) is 12.3 Å². The molecule has 0 radical (unpaired) electrons. The fraction of sp³-hybridized carbons (Fsp3) is 0.222. The molecular formula is C9H9FN2. The van der Waals surface area contributed by atoms with Crippen molar-refractivity contribution in [1.29, 1.82) is 0 Å². The van der Waals surface area contributed by atoms with Crippen molar-refractivity contribution in [3.63, 3.8) is 0 Å². The molecule has 2 rings (SSSR count). The van der Waals surface area contributed by atoms with E-state index in [2.05, 4.69) is 4.98 Å². The maximum atomic E-state index is 12.7. The zero-order valence-corrected chi connectivity index (χ0v) is 6.79. The van der Waals surface area contributed by atoms with Crippen molar-refractivity contribution in [2.75, 3.05) is 0 Å². The lowest BCUT2D eigenvalue weighted by Gasteiger charge is -1.97. The Bertz CT molecular complexity index is 406. The first-order valence-electron chi connectivity index (χ1n) is 3.91. The van der Waals surface area contributed by atoms with Gasteiger partial charge >= 0.3 is 0 Å². The van der Waals surface area contributed by atoms with E-state index in [0.717, 1.165) is 17.6 Å². The van der Waals surface area contributed by atoms with Crippen LogP contribution < -0.4 is 0 Å². The Kier molecular flexibility index (Phi) is 1.57. The van der Waals surface area contributed by atoms with Gasteiger partial charge in [-0.1, -0.05) is 0 Å². The molecule has 0 spiro atoms. The van der Waals surface area contributed by atoms with Crippen LogP contribution in [0.2, 0.25) is 0 Å². The van der Waals surface area contributed by atoms with E-state index in [-0.39, 0.29) is 5.82 Å². The van der Waals surface area contributed by atoms with Crippen LogP contribution >= 0.6 is 0 Å². The molecule has 2 heterocycles. The van der Waals surface area contributed by atoms with Gasteiger partial charge in [-0.05, 0) is 19.1 Å². The highest BCUT2D eigenvalue weighted by Gasteiger charge is 2.00. The summed E-state index contributed by atoms with van der Waals surface area (Å²) >= 11 is 0. The minimum absolute atomic E-state index is 0.281. The molecule has 2 nitrogen and oxygen atoms in total. The topological polar surface area (TPSA) is 17.8 Å². The lowest BCUT2D eigenvalue weighted by atomic mass is 10.3. The quantitative estimate of drug-likeness (QED) is 0.631. The second kappa shape index (κ2) is 2.59. The molecule has 0 aliphatic heterocycles. The first kappa shape index (κ1) is 7.28. The van der Waals surface area contributed by atoms with E-state index in [1.54, 1.807) is 0 Å². The minimum atomic E-state index is -0.281. The second-order valence-electron chi connectivity index (χ2n) is 2.67. The molecule has 12 heavy (non-hydrogen) atoms. The van der Waals surface area contributed by atoms with E-state index in [9.17, 15) is 4.39 Å². The third kappa shape index (κ3) is 0.978. The van der Waals surface area contributed by atoms with E-state index in [1.807, 2.05) is 23.8 Å². The summed E-state index contributed by atoms with van der Waals surface area (Å²) in [5, 5.41) is 0.858. The molecule has 0 bridgehead atoms. The Hall–Kier alpha value is -1.38.